The molecule has 0 saturated heterocycles. The molecule has 1 heterocycles. The van der Waals surface area contributed by atoms with Gasteiger partial charge in [-0.2, -0.15) is 5.10 Å². The van der Waals surface area contributed by atoms with Crippen molar-refractivity contribution in [3.63, 3.8) is 0 Å². The van der Waals surface area contributed by atoms with Gasteiger partial charge in [0.05, 0.1) is 5.69 Å². The number of rotatable bonds is 6. The zero-order chi connectivity index (χ0) is 22.5. The average Bonchev–Trinajstić information content (AvgIpc) is 2.84. The zero-order valence-corrected chi connectivity index (χ0v) is 17.6. The van der Waals surface area contributed by atoms with Crippen LogP contribution in [0.3, 0.4) is 0 Å². The average molecular weight is 427 g/mol. The first kappa shape index (κ1) is 21.2. The Morgan fingerprint density at radius 3 is 2.09 bits per heavy atom. The number of carbonyl (C=O) groups excluding carboxylic acids is 1. The van der Waals surface area contributed by atoms with Crippen molar-refractivity contribution in [3.05, 3.63) is 112 Å². The van der Waals surface area contributed by atoms with Crippen molar-refractivity contribution < 1.29 is 9.18 Å². The third-order valence-electron chi connectivity index (χ3n) is 5.16. The Balaban J connectivity index is 1.87. The van der Waals surface area contributed by atoms with Crippen LogP contribution in [0.2, 0.25) is 0 Å². The minimum atomic E-state index is -0.500. The first-order valence-electron chi connectivity index (χ1n) is 10.4. The predicted molar refractivity (Wildman–Crippen MR) is 123 cm³/mol. The highest BCUT2D eigenvalue weighted by Crippen LogP contribution is 2.32. The normalized spacial score (nSPS) is 10.7. The summed E-state index contributed by atoms with van der Waals surface area (Å²) in [4.78, 5) is 26.6. The molecule has 32 heavy (non-hydrogen) atoms. The summed E-state index contributed by atoms with van der Waals surface area (Å²) in [7, 11) is 0. The highest BCUT2D eigenvalue weighted by atomic mass is 19.1. The minimum Gasteiger partial charge on any atom is -0.348 e. The van der Waals surface area contributed by atoms with E-state index in [1.807, 2.05) is 67.6 Å². The van der Waals surface area contributed by atoms with Crippen LogP contribution in [-0.4, -0.2) is 15.7 Å². The molecule has 0 unspecified atom stereocenters. The fraction of sp³-hybridized carbons (Fsp3) is 0.115. The number of halogens is 1. The molecule has 6 heteroatoms. The standard InChI is InChI=1S/C26H22FN3O2/c1-2-30-26(32)23(25(31)28-17-18-13-15-21(27)16-14-18)22(19-9-5-3-6-10-19)24(29-30)20-11-7-4-8-12-20/h3-16H,2,17H2,1H3,(H,28,31). The highest BCUT2D eigenvalue weighted by Gasteiger charge is 2.24. The van der Waals surface area contributed by atoms with Crippen molar-refractivity contribution in [2.24, 2.45) is 0 Å². The number of nitrogens with one attached hydrogen (secondary N) is 1. The molecule has 1 aromatic heterocycles. The summed E-state index contributed by atoms with van der Waals surface area (Å²) in [5.74, 6) is -0.848. The summed E-state index contributed by atoms with van der Waals surface area (Å²) in [6.07, 6.45) is 0. The van der Waals surface area contributed by atoms with E-state index in [9.17, 15) is 14.0 Å². The van der Waals surface area contributed by atoms with Crippen molar-refractivity contribution in [1.82, 2.24) is 15.1 Å². The van der Waals surface area contributed by atoms with E-state index in [1.54, 1.807) is 12.1 Å². The van der Waals surface area contributed by atoms with Gasteiger partial charge >= 0.3 is 0 Å². The number of hydrogen-bond donors (Lipinski definition) is 1. The molecule has 4 rings (SSSR count). The molecule has 0 aliphatic heterocycles. The van der Waals surface area contributed by atoms with Gasteiger partial charge in [-0.3, -0.25) is 9.59 Å². The van der Waals surface area contributed by atoms with Gasteiger partial charge in [0.15, 0.2) is 0 Å². The summed E-state index contributed by atoms with van der Waals surface area (Å²) in [5.41, 5.74) is 2.89. The van der Waals surface area contributed by atoms with Crippen LogP contribution in [0.25, 0.3) is 22.4 Å². The Kier molecular flexibility index (Phi) is 6.22. The monoisotopic (exact) mass is 427 g/mol. The lowest BCUT2D eigenvalue weighted by atomic mass is 9.95. The summed E-state index contributed by atoms with van der Waals surface area (Å²) >= 11 is 0. The smallest absolute Gasteiger partial charge is 0.280 e. The molecular formula is C26H22FN3O2. The second kappa shape index (κ2) is 9.39. The van der Waals surface area contributed by atoms with Gasteiger partial charge in [0, 0.05) is 24.2 Å². The van der Waals surface area contributed by atoms with Gasteiger partial charge in [0.25, 0.3) is 11.5 Å². The van der Waals surface area contributed by atoms with Crippen LogP contribution in [0.1, 0.15) is 22.8 Å². The minimum absolute atomic E-state index is 0.0361. The van der Waals surface area contributed by atoms with Crippen molar-refractivity contribution >= 4 is 5.91 Å². The maximum atomic E-state index is 13.3. The molecule has 0 bridgehead atoms. The summed E-state index contributed by atoms with van der Waals surface area (Å²) in [5, 5.41) is 7.40. The van der Waals surface area contributed by atoms with Crippen molar-refractivity contribution in [2.45, 2.75) is 20.0 Å². The lowest BCUT2D eigenvalue weighted by molar-refractivity contribution is 0.0949. The number of hydrogen-bond acceptors (Lipinski definition) is 3. The molecule has 0 saturated carbocycles. The molecule has 1 amide bonds. The van der Waals surface area contributed by atoms with Gasteiger partial charge in [-0.15, -0.1) is 0 Å². The first-order valence-corrected chi connectivity index (χ1v) is 10.4. The van der Waals surface area contributed by atoms with E-state index in [0.717, 1.165) is 16.7 Å². The molecule has 0 atom stereocenters. The number of carbonyl (C=O) groups is 1. The van der Waals surface area contributed by atoms with Gasteiger partial charge in [-0.25, -0.2) is 9.07 Å². The molecular weight excluding hydrogens is 405 g/mol. The van der Waals surface area contributed by atoms with Crippen LogP contribution in [0.4, 0.5) is 4.39 Å². The second-order valence-electron chi connectivity index (χ2n) is 7.26. The van der Waals surface area contributed by atoms with Gasteiger partial charge in [0.1, 0.15) is 11.4 Å². The third kappa shape index (κ3) is 4.34. The van der Waals surface area contributed by atoms with Crippen LogP contribution in [0, 0.1) is 5.82 Å². The molecule has 0 spiro atoms. The largest absolute Gasteiger partial charge is 0.348 e. The zero-order valence-electron chi connectivity index (χ0n) is 17.6. The Bertz CT molecular complexity index is 1280. The molecule has 0 radical (unpaired) electrons. The SMILES string of the molecule is CCn1nc(-c2ccccc2)c(-c2ccccc2)c(C(=O)NCc2ccc(F)cc2)c1=O. The van der Waals surface area contributed by atoms with Gasteiger partial charge < -0.3 is 5.32 Å². The van der Waals surface area contributed by atoms with E-state index in [4.69, 9.17) is 0 Å². The molecule has 1 N–H and O–H groups in total. The Morgan fingerprint density at radius 2 is 1.50 bits per heavy atom. The molecule has 4 aromatic rings. The van der Waals surface area contributed by atoms with Crippen LogP contribution in [-0.2, 0) is 13.1 Å². The molecule has 5 nitrogen and oxygen atoms in total. The molecule has 0 aliphatic carbocycles. The molecule has 0 aliphatic rings. The lowest BCUT2D eigenvalue weighted by Gasteiger charge is -2.17. The summed E-state index contributed by atoms with van der Waals surface area (Å²) in [6, 6.07) is 24.7. The van der Waals surface area contributed by atoms with Crippen LogP contribution < -0.4 is 10.9 Å². The van der Waals surface area contributed by atoms with Crippen molar-refractivity contribution in [2.75, 3.05) is 0 Å². The second-order valence-corrected chi connectivity index (χ2v) is 7.26. The number of benzene rings is 3. The van der Waals surface area contributed by atoms with E-state index in [0.29, 0.717) is 17.8 Å². The van der Waals surface area contributed by atoms with E-state index >= 15 is 0 Å². The van der Waals surface area contributed by atoms with Crippen molar-refractivity contribution in [1.29, 1.82) is 0 Å². The number of aryl methyl sites for hydroxylation is 1. The highest BCUT2D eigenvalue weighted by molar-refractivity contribution is 6.03. The van der Waals surface area contributed by atoms with E-state index in [2.05, 4.69) is 10.4 Å². The van der Waals surface area contributed by atoms with E-state index in [-0.39, 0.29) is 17.9 Å². The van der Waals surface area contributed by atoms with Gasteiger partial charge in [0.2, 0.25) is 0 Å². The van der Waals surface area contributed by atoms with Crippen LogP contribution in [0.15, 0.2) is 89.7 Å². The first-order chi connectivity index (χ1) is 15.6. The fourth-order valence-electron chi connectivity index (χ4n) is 3.55. The maximum absolute atomic E-state index is 13.3. The number of nitrogens with zero attached hydrogens (tertiary/aromatic N) is 2. The van der Waals surface area contributed by atoms with Crippen LogP contribution in [0.5, 0.6) is 0 Å². The van der Waals surface area contributed by atoms with Gasteiger partial charge in [-0.1, -0.05) is 72.8 Å². The number of amides is 1. The van der Waals surface area contributed by atoms with E-state index < -0.39 is 11.5 Å². The van der Waals surface area contributed by atoms with Crippen molar-refractivity contribution in [3.8, 4) is 22.4 Å². The Morgan fingerprint density at radius 1 is 0.906 bits per heavy atom. The predicted octanol–water partition coefficient (Wildman–Crippen LogP) is 4.67. The van der Waals surface area contributed by atoms with Gasteiger partial charge in [-0.05, 0) is 30.2 Å². The molecule has 160 valence electrons. The maximum Gasteiger partial charge on any atom is 0.280 e. The Labute approximate surface area is 185 Å². The van der Waals surface area contributed by atoms with E-state index in [1.165, 1.54) is 16.8 Å². The van der Waals surface area contributed by atoms with Crippen LogP contribution >= 0.6 is 0 Å². The lowest BCUT2D eigenvalue weighted by Crippen LogP contribution is -2.35. The quantitative estimate of drug-likeness (QED) is 0.487. The molecule has 3 aromatic carbocycles. The summed E-state index contributed by atoms with van der Waals surface area (Å²) < 4.78 is 14.5. The number of aromatic nitrogens is 2. The summed E-state index contributed by atoms with van der Waals surface area (Å²) in [6.45, 7) is 2.31. The fourth-order valence-corrected chi connectivity index (χ4v) is 3.55. The molecule has 0 fully saturated rings. The topological polar surface area (TPSA) is 64.0 Å². The third-order valence-corrected chi connectivity index (χ3v) is 5.16. The Hall–Kier alpha value is -4.06.